The number of alkyl halides is 3. The molecule has 4 rings (SSSR count). The molecule has 1 aliphatic rings. The van der Waals surface area contributed by atoms with Crippen LogP contribution < -0.4 is 16.8 Å². The summed E-state index contributed by atoms with van der Waals surface area (Å²) in [6.07, 6.45) is 5.64. The number of aromatic nitrogens is 1. The molecule has 0 radical (unpaired) electrons. The Labute approximate surface area is 238 Å². The highest BCUT2D eigenvalue weighted by molar-refractivity contribution is 6.14. The highest BCUT2D eigenvalue weighted by atomic mass is 19.4. The van der Waals surface area contributed by atoms with Gasteiger partial charge in [-0.1, -0.05) is 31.2 Å². The average molecular weight is 562 g/mol. The molecule has 3 aromatic rings. The molecule has 0 aliphatic carbocycles. The second kappa shape index (κ2) is 13.8. The quantitative estimate of drug-likeness (QED) is 0.164. The molecule has 214 valence electrons. The summed E-state index contributed by atoms with van der Waals surface area (Å²) >= 11 is 0. The zero-order valence-corrected chi connectivity index (χ0v) is 22.7. The maximum atomic E-state index is 12.9. The highest BCUT2D eigenvalue weighted by Crippen LogP contribution is 2.31. The number of aliphatic imine (C=N–C) groups is 2. The number of piperidine rings is 1. The molecule has 2 heterocycles. The lowest BCUT2D eigenvalue weighted by Gasteiger charge is -2.25. The first-order chi connectivity index (χ1) is 19.8. The van der Waals surface area contributed by atoms with E-state index in [1.54, 1.807) is 24.5 Å². The summed E-state index contributed by atoms with van der Waals surface area (Å²) in [5.74, 6) is 0.446. The van der Waals surface area contributed by atoms with Crippen LogP contribution in [-0.2, 0) is 6.18 Å². The van der Waals surface area contributed by atoms with Gasteiger partial charge in [-0.25, -0.2) is 4.99 Å². The number of anilines is 2. The highest BCUT2D eigenvalue weighted by Gasteiger charge is 2.30. The fraction of sp³-hybridized carbons (Fsp3) is 0.258. The topological polar surface area (TPSA) is 105 Å². The number of hydrogen-bond donors (Lipinski definition) is 3. The number of nitrogens with zero attached hydrogens (tertiary/aromatic N) is 4. The van der Waals surface area contributed by atoms with Crippen molar-refractivity contribution >= 4 is 29.0 Å². The summed E-state index contributed by atoms with van der Waals surface area (Å²) in [6, 6.07) is 13.8. The Bertz CT molecular complexity index is 1420. The Morgan fingerprint density at radius 2 is 1.80 bits per heavy atom. The van der Waals surface area contributed by atoms with Gasteiger partial charge in [0.25, 0.3) is 0 Å². The van der Waals surface area contributed by atoms with E-state index in [-0.39, 0.29) is 0 Å². The number of halogens is 3. The first kappa shape index (κ1) is 29.5. The Morgan fingerprint density at radius 3 is 2.46 bits per heavy atom. The standard InChI is InChI=1S/C31H34F3N7/c1-2-38-30(40-26-12-13-39-29(19-26)22-6-9-25(10-7-22)31(32,33)34)27-11-8-23(18-28(27)36)24(20-35)21-37-14-17-41-15-4-3-5-16-41/h2,6-13,18-21H,1,3-5,14-17,35-36H2,(H,38,39,40). The third-order valence-electron chi connectivity index (χ3n) is 6.80. The average Bonchev–Trinajstić information content (AvgIpc) is 2.97. The van der Waals surface area contributed by atoms with E-state index in [0.29, 0.717) is 40.6 Å². The molecule has 2 aromatic carbocycles. The van der Waals surface area contributed by atoms with Crippen molar-refractivity contribution in [2.75, 3.05) is 37.2 Å². The number of allylic oxidation sites excluding steroid dienone is 1. The van der Waals surface area contributed by atoms with E-state index in [4.69, 9.17) is 11.5 Å². The molecule has 1 fully saturated rings. The molecule has 41 heavy (non-hydrogen) atoms. The second-order valence-electron chi connectivity index (χ2n) is 9.65. The lowest BCUT2D eigenvalue weighted by molar-refractivity contribution is -0.137. The number of nitrogens with one attached hydrogen (secondary N) is 1. The van der Waals surface area contributed by atoms with E-state index in [0.717, 1.165) is 42.9 Å². The zero-order valence-electron chi connectivity index (χ0n) is 22.7. The molecule has 0 bridgehead atoms. The molecule has 0 unspecified atom stereocenters. The van der Waals surface area contributed by atoms with E-state index in [2.05, 4.69) is 31.8 Å². The van der Waals surface area contributed by atoms with Crippen molar-refractivity contribution in [2.45, 2.75) is 25.4 Å². The van der Waals surface area contributed by atoms with Crippen LogP contribution in [0.1, 0.15) is 36.0 Å². The maximum absolute atomic E-state index is 12.9. The van der Waals surface area contributed by atoms with Crippen LogP contribution >= 0.6 is 0 Å². The first-order valence-corrected chi connectivity index (χ1v) is 13.4. The molecule has 1 aromatic heterocycles. The Hall–Kier alpha value is -4.44. The van der Waals surface area contributed by atoms with Crippen LogP contribution in [0.3, 0.4) is 0 Å². The molecule has 0 saturated carbocycles. The number of likely N-dealkylation sites (tertiary alicyclic amines) is 1. The summed E-state index contributed by atoms with van der Waals surface area (Å²) < 4.78 is 38.8. The number of amidine groups is 1. The van der Waals surface area contributed by atoms with Crippen molar-refractivity contribution < 1.29 is 13.2 Å². The van der Waals surface area contributed by atoms with Gasteiger partial charge in [0.15, 0.2) is 0 Å². The number of nitrogen functional groups attached to an aromatic ring is 1. The van der Waals surface area contributed by atoms with Crippen LogP contribution in [-0.4, -0.2) is 48.1 Å². The van der Waals surface area contributed by atoms with Gasteiger partial charge >= 0.3 is 6.18 Å². The predicted octanol–water partition coefficient (Wildman–Crippen LogP) is 6.21. The number of benzene rings is 2. The number of rotatable bonds is 9. The van der Waals surface area contributed by atoms with Crippen molar-refractivity contribution in [1.29, 1.82) is 0 Å². The van der Waals surface area contributed by atoms with Crippen LogP contribution in [0.4, 0.5) is 24.5 Å². The Balaban J connectivity index is 1.47. The number of hydrogen-bond acceptors (Lipinski definition) is 6. The fourth-order valence-electron chi connectivity index (χ4n) is 4.61. The van der Waals surface area contributed by atoms with E-state index < -0.39 is 11.7 Å². The van der Waals surface area contributed by atoms with Crippen LogP contribution in [0.5, 0.6) is 0 Å². The SMILES string of the molecule is C=CN=C(Nc1ccnc(-c2ccc(C(F)(F)F)cc2)c1)c1ccc(C(C=NCCN2CCCCC2)=CN)cc1N. The summed E-state index contributed by atoms with van der Waals surface area (Å²) in [6.45, 7) is 7.60. The molecule has 5 N–H and O–H groups in total. The Morgan fingerprint density at radius 1 is 1.05 bits per heavy atom. The zero-order chi connectivity index (χ0) is 29.2. The van der Waals surface area contributed by atoms with Gasteiger partial charge in [0.05, 0.1) is 17.8 Å². The lowest BCUT2D eigenvalue weighted by Crippen LogP contribution is -2.31. The predicted molar refractivity (Wildman–Crippen MR) is 162 cm³/mol. The van der Waals surface area contributed by atoms with Crippen LogP contribution in [0.2, 0.25) is 0 Å². The van der Waals surface area contributed by atoms with Crippen molar-refractivity contribution in [1.82, 2.24) is 9.88 Å². The molecular formula is C31H34F3N7. The summed E-state index contributed by atoms with van der Waals surface area (Å²) in [5.41, 5.74) is 16.0. The van der Waals surface area contributed by atoms with Gasteiger partial charge < -0.3 is 21.7 Å². The second-order valence-corrected chi connectivity index (χ2v) is 9.65. The van der Waals surface area contributed by atoms with E-state index in [1.165, 1.54) is 43.8 Å². The van der Waals surface area contributed by atoms with E-state index in [1.807, 2.05) is 18.2 Å². The molecule has 0 atom stereocenters. The van der Waals surface area contributed by atoms with Crippen LogP contribution in [0.25, 0.3) is 16.8 Å². The van der Waals surface area contributed by atoms with Gasteiger partial charge in [-0.3, -0.25) is 9.98 Å². The normalized spacial score (nSPS) is 15.3. The minimum absolute atomic E-state index is 0.446. The van der Waals surface area contributed by atoms with Crippen molar-refractivity contribution in [3.8, 4) is 11.3 Å². The minimum Gasteiger partial charge on any atom is -0.404 e. The van der Waals surface area contributed by atoms with Gasteiger partial charge in [0.2, 0.25) is 0 Å². The molecule has 7 nitrogen and oxygen atoms in total. The van der Waals surface area contributed by atoms with Crippen molar-refractivity contribution in [3.05, 3.63) is 96.5 Å². The van der Waals surface area contributed by atoms with Gasteiger partial charge in [0, 0.05) is 59.4 Å². The van der Waals surface area contributed by atoms with Gasteiger partial charge in [0.1, 0.15) is 5.84 Å². The lowest BCUT2D eigenvalue weighted by atomic mass is 10.0. The summed E-state index contributed by atoms with van der Waals surface area (Å²) in [7, 11) is 0. The third-order valence-corrected chi connectivity index (χ3v) is 6.80. The monoisotopic (exact) mass is 561 g/mol. The molecule has 0 spiro atoms. The van der Waals surface area contributed by atoms with Crippen molar-refractivity contribution in [3.63, 3.8) is 0 Å². The van der Waals surface area contributed by atoms with Gasteiger partial charge in [-0.2, -0.15) is 13.2 Å². The van der Waals surface area contributed by atoms with Gasteiger partial charge in [-0.15, -0.1) is 0 Å². The van der Waals surface area contributed by atoms with Gasteiger partial charge in [-0.05, 0) is 67.9 Å². The molecule has 1 saturated heterocycles. The smallest absolute Gasteiger partial charge is 0.404 e. The largest absolute Gasteiger partial charge is 0.416 e. The summed E-state index contributed by atoms with van der Waals surface area (Å²) in [5, 5.41) is 3.23. The number of nitrogens with two attached hydrogens (primary N) is 2. The molecule has 0 amide bonds. The first-order valence-electron chi connectivity index (χ1n) is 13.4. The van der Waals surface area contributed by atoms with E-state index in [9.17, 15) is 13.2 Å². The van der Waals surface area contributed by atoms with Crippen LogP contribution in [0.15, 0.2) is 89.8 Å². The fourth-order valence-corrected chi connectivity index (χ4v) is 4.61. The number of pyridine rings is 1. The molecule has 10 heteroatoms. The third kappa shape index (κ3) is 8.04. The molecular weight excluding hydrogens is 527 g/mol. The summed E-state index contributed by atoms with van der Waals surface area (Å²) in [4.78, 5) is 15.7. The Kier molecular flexibility index (Phi) is 9.91. The van der Waals surface area contributed by atoms with Crippen molar-refractivity contribution in [2.24, 2.45) is 15.7 Å². The molecule has 1 aliphatic heterocycles. The van der Waals surface area contributed by atoms with E-state index >= 15 is 0 Å². The maximum Gasteiger partial charge on any atom is 0.416 e. The van der Waals surface area contributed by atoms with Crippen LogP contribution in [0, 0.1) is 0 Å². The minimum atomic E-state index is -4.40.